The minimum atomic E-state index is -2.86. The average molecular weight is 731 g/mol. The molecule has 8 atom stereocenters. The number of fused-ring (bicyclic) bond motifs is 4. The van der Waals surface area contributed by atoms with Crippen LogP contribution in [0.25, 0.3) is 0 Å². The van der Waals surface area contributed by atoms with Gasteiger partial charge in [-0.3, -0.25) is 28.8 Å². The van der Waals surface area contributed by atoms with Crippen molar-refractivity contribution in [1.82, 2.24) is 0 Å². The standard InChI is InChI=1S/C34H34O14S.CH4O/c1-15-33(43)29(41)25-19(7-5-9-21(25)35)27(39)31(33,13-17(47-15)11-23(37)45-3)49-32-14-18(12-24(38)46-4)48-16(2)34(32,44)30(42)26-20(28(32)40)8-6-10-22(26)36;1-2/h5-10,15-18,35-36,43-44H,11-14H2,1-4H3;2H,1H3/t15-,16-,17-,18-,31+,32+,33+,34+;/m0./s1. The van der Waals surface area contributed by atoms with Crippen LogP contribution in [0.2, 0.25) is 0 Å². The molecule has 274 valence electrons. The summed E-state index contributed by atoms with van der Waals surface area (Å²) < 4.78 is 16.6. The molecule has 2 aromatic carbocycles. The summed E-state index contributed by atoms with van der Waals surface area (Å²) in [6, 6.07) is 7.44. The molecule has 15 nitrogen and oxygen atoms in total. The van der Waals surface area contributed by atoms with E-state index in [4.69, 9.17) is 24.1 Å². The highest BCUT2D eigenvalue weighted by Gasteiger charge is 2.78. The quantitative estimate of drug-likeness (QED) is 0.263. The normalized spacial score (nSPS) is 33.8. The minimum Gasteiger partial charge on any atom is -0.507 e. The Hall–Kier alpha value is -4.19. The van der Waals surface area contributed by atoms with Crippen molar-refractivity contribution in [1.29, 1.82) is 0 Å². The number of aliphatic hydroxyl groups excluding tert-OH is 1. The van der Waals surface area contributed by atoms with Gasteiger partial charge >= 0.3 is 11.9 Å². The summed E-state index contributed by atoms with van der Waals surface area (Å²) in [6.45, 7) is 2.57. The van der Waals surface area contributed by atoms with Crippen LogP contribution in [0.3, 0.4) is 0 Å². The Bertz CT molecular complexity index is 1700. The Morgan fingerprint density at radius 2 is 1.06 bits per heavy atom. The first-order valence-corrected chi connectivity index (χ1v) is 16.7. The molecular formula is C35H38O15S. The number of benzene rings is 2. The molecule has 6 rings (SSSR count). The van der Waals surface area contributed by atoms with Crippen LogP contribution in [0.4, 0.5) is 0 Å². The van der Waals surface area contributed by atoms with Crippen molar-refractivity contribution < 1.29 is 73.2 Å². The van der Waals surface area contributed by atoms with Crippen LogP contribution in [0, 0.1) is 0 Å². The number of phenols is 2. The van der Waals surface area contributed by atoms with Gasteiger partial charge in [-0.05, 0) is 38.8 Å². The summed E-state index contributed by atoms with van der Waals surface area (Å²) in [7, 11) is 3.26. The van der Waals surface area contributed by atoms with Crippen LogP contribution in [0.15, 0.2) is 36.4 Å². The van der Waals surface area contributed by atoms with E-state index in [1.54, 1.807) is 0 Å². The maximum Gasteiger partial charge on any atom is 0.308 e. The minimum absolute atomic E-state index is 0.313. The van der Waals surface area contributed by atoms with Crippen LogP contribution in [-0.2, 0) is 28.5 Å². The molecule has 2 aliphatic heterocycles. The highest BCUT2D eigenvalue weighted by Crippen LogP contribution is 2.64. The van der Waals surface area contributed by atoms with Crippen molar-refractivity contribution >= 4 is 46.8 Å². The van der Waals surface area contributed by atoms with Crippen molar-refractivity contribution in [2.45, 2.75) is 84.6 Å². The molecule has 16 heteroatoms. The van der Waals surface area contributed by atoms with Gasteiger partial charge in [-0.1, -0.05) is 24.3 Å². The number of thioether (sulfide) groups is 1. The molecule has 0 aromatic heterocycles. The molecule has 2 fully saturated rings. The summed E-state index contributed by atoms with van der Waals surface area (Å²) in [4.78, 5) is 83.9. The van der Waals surface area contributed by atoms with Gasteiger partial charge in [0, 0.05) is 18.2 Å². The van der Waals surface area contributed by atoms with Gasteiger partial charge in [0.15, 0.2) is 22.8 Å². The van der Waals surface area contributed by atoms with Gasteiger partial charge in [-0.25, -0.2) is 0 Å². The lowest BCUT2D eigenvalue weighted by Crippen LogP contribution is -2.79. The molecule has 0 bridgehead atoms. The van der Waals surface area contributed by atoms with Gasteiger partial charge in [0.1, 0.15) is 21.0 Å². The number of hydrogen-bond donors (Lipinski definition) is 5. The molecule has 4 aliphatic rings. The van der Waals surface area contributed by atoms with Crippen LogP contribution in [-0.4, -0.2) is 127 Å². The molecule has 2 saturated heterocycles. The SMILES string of the molecule is CO.COC(=O)C[C@H]1C[C@@]2(S[C@@]34C[C@H](CC(=O)OC)O[C@@H](C)[C@@]3(O)C(=O)c3c(O)cccc3C4=O)C(=O)c3cccc(O)c3C(=O)[C@]2(O)[C@H](C)O1. The molecule has 0 unspecified atom stereocenters. The van der Waals surface area contributed by atoms with Gasteiger partial charge in [0.2, 0.25) is 11.6 Å². The number of hydrogen-bond acceptors (Lipinski definition) is 16. The zero-order chi connectivity index (χ0) is 37.8. The number of aliphatic hydroxyl groups is 3. The Morgan fingerprint density at radius 1 is 0.706 bits per heavy atom. The van der Waals surface area contributed by atoms with Gasteiger partial charge in [-0.2, -0.15) is 0 Å². The van der Waals surface area contributed by atoms with Crippen LogP contribution < -0.4 is 0 Å². The Kier molecular flexibility index (Phi) is 10.0. The number of rotatable bonds is 6. The molecule has 5 N–H and O–H groups in total. The fourth-order valence-electron chi connectivity index (χ4n) is 7.91. The monoisotopic (exact) mass is 730 g/mol. The molecule has 2 aliphatic carbocycles. The van der Waals surface area contributed by atoms with Crippen molar-refractivity contribution in [3.63, 3.8) is 0 Å². The summed E-state index contributed by atoms with van der Waals surface area (Å²) in [5.41, 5.74) is -7.33. The van der Waals surface area contributed by atoms with E-state index in [1.165, 1.54) is 38.1 Å². The lowest BCUT2D eigenvalue weighted by molar-refractivity contribution is -0.173. The lowest BCUT2D eigenvalue weighted by Gasteiger charge is -2.61. The molecular weight excluding hydrogens is 692 g/mol. The first-order chi connectivity index (χ1) is 24.0. The Morgan fingerprint density at radius 3 is 1.39 bits per heavy atom. The van der Waals surface area contributed by atoms with E-state index in [1.807, 2.05) is 0 Å². The highest BCUT2D eigenvalue weighted by molar-refractivity contribution is 8.03. The van der Waals surface area contributed by atoms with Gasteiger partial charge < -0.3 is 44.5 Å². The van der Waals surface area contributed by atoms with Crippen LogP contribution in [0.5, 0.6) is 11.5 Å². The summed E-state index contributed by atoms with van der Waals surface area (Å²) in [5, 5.41) is 53.8. The summed E-state index contributed by atoms with van der Waals surface area (Å²) >= 11 is 0.381. The second-order valence-corrected chi connectivity index (χ2v) is 14.4. The lowest BCUT2D eigenvalue weighted by atomic mass is 9.63. The zero-order valence-corrected chi connectivity index (χ0v) is 29.1. The van der Waals surface area contributed by atoms with Gasteiger partial charge in [0.25, 0.3) is 0 Å². The van der Waals surface area contributed by atoms with E-state index in [0.29, 0.717) is 11.8 Å². The number of carbonyl (C=O) groups excluding carboxylic acids is 6. The molecule has 0 spiro atoms. The molecule has 0 saturated carbocycles. The maximum atomic E-state index is 15.0. The molecule has 0 amide bonds. The number of aromatic hydroxyl groups is 2. The molecule has 51 heavy (non-hydrogen) atoms. The predicted octanol–water partition coefficient (Wildman–Crippen LogP) is 1.32. The molecule has 2 heterocycles. The predicted molar refractivity (Wildman–Crippen MR) is 176 cm³/mol. The fourth-order valence-corrected chi connectivity index (χ4v) is 10.3. The Balaban J connectivity index is 0.00000248. The second kappa shape index (κ2) is 13.4. The van der Waals surface area contributed by atoms with E-state index < -0.39 is 128 Å². The van der Waals surface area contributed by atoms with Gasteiger partial charge in [0.05, 0.1) is 62.6 Å². The number of methoxy groups -OCH3 is 2. The van der Waals surface area contributed by atoms with Gasteiger partial charge in [-0.15, -0.1) is 11.8 Å². The van der Waals surface area contributed by atoms with E-state index in [2.05, 4.69) is 0 Å². The third-order valence-corrected chi connectivity index (χ3v) is 12.3. The second-order valence-electron chi connectivity index (χ2n) is 12.8. The largest absolute Gasteiger partial charge is 0.507 e. The van der Waals surface area contributed by atoms with Crippen molar-refractivity contribution in [3.8, 4) is 11.5 Å². The topological polar surface area (TPSA) is 240 Å². The smallest absolute Gasteiger partial charge is 0.308 e. The van der Waals surface area contributed by atoms with Crippen LogP contribution in [0.1, 0.15) is 81.0 Å². The molecule has 2 aromatic rings. The third kappa shape index (κ3) is 5.22. The first-order valence-electron chi connectivity index (χ1n) is 15.9. The zero-order valence-electron chi connectivity index (χ0n) is 28.3. The van der Waals surface area contributed by atoms with Crippen molar-refractivity contribution in [3.05, 3.63) is 58.7 Å². The van der Waals surface area contributed by atoms with Crippen LogP contribution >= 0.6 is 11.8 Å². The number of Topliss-reactive ketones (excluding diaryl/α,β-unsaturated/α-hetero) is 4. The molecule has 0 radical (unpaired) electrons. The Labute approximate surface area is 295 Å². The fraction of sp³-hybridized carbons (Fsp3) is 0.486. The van der Waals surface area contributed by atoms with E-state index in [0.717, 1.165) is 33.5 Å². The number of phenolic OH excluding ortho intramolecular Hbond substituents is 2. The average Bonchev–Trinajstić information content (AvgIpc) is 3.10. The third-order valence-electron chi connectivity index (χ3n) is 10.3. The van der Waals surface area contributed by atoms with E-state index >= 15 is 9.59 Å². The highest BCUT2D eigenvalue weighted by atomic mass is 32.2. The number of ketones is 4. The number of carbonyl (C=O) groups is 6. The number of ether oxygens (including phenoxy) is 4. The van der Waals surface area contributed by atoms with E-state index in [9.17, 15) is 39.6 Å². The number of esters is 2. The van der Waals surface area contributed by atoms with Crippen molar-refractivity contribution in [2.24, 2.45) is 0 Å². The summed E-state index contributed by atoms with van der Waals surface area (Å²) in [5.74, 6) is -6.87. The van der Waals surface area contributed by atoms with E-state index in [-0.39, 0.29) is 11.1 Å². The summed E-state index contributed by atoms with van der Waals surface area (Å²) in [6.07, 6.45) is -7.60. The maximum absolute atomic E-state index is 15.0. The van der Waals surface area contributed by atoms with Crippen molar-refractivity contribution in [2.75, 3.05) is 21.3 Å². The first kappa shape index (κ1) is 38.1.